The summed E-state index contributed by atoms with van der Waals surface area (Å²) in [5.74, 6) is -1.00. The van der Waals surface area contributed by atoms with Crippen LogP contribution in [0.25, 0.3) is 0 Å². The average molecular weight is 265 g/mol. The molecule has 1 aromatic rings. The van der Waals surface area contributed by atoms with E-state index in [-0.39, 0.29) is 12.3 Å². The van der Waals surface area contributed by atoms with Crippen molar-refractivity contribution in [2.45, 2.75) is 6.42 Å². The van der Waals surface area contributed by atoms with Crippen molar-refractivity contribution in [3.8, 4) is 0 Å². The molecule has 1 aliphatic rings. The molecule has 6 heteroatoms. The monoisotopic (exact) mass is 265 g/mol. The molecule has 2 rings (SSSR count). The van der Waals surface area contributed by atoms with E-state index in [1.807, 2.05) is 0 Å². The molecule has 1 fully saturated rings. The van der Waals surface area contributed by atoms with Crippen molar-refractivity contribution in [2.75, 3.05) is 44.2 Å². The lowest BCUT2D eigenvalue weighted by Crippen LogP contribution is -2.32. The first kappa shape index (κ1) is 13.8. The number of aliphatic hydroxyl groups is 1. The van der Waals surface area contributed by atoms with Crippen molar-refractivity contribution in [1.29, 1.82) is 0 Å². The predicted molar refractivity (Wildman–Crippen MR) is 71.6 cm³/mol. The van der Waals surface area contributed by atoms with Crippen LogP contribution in [0.4, 0.5) is 5.69 Å². The number of anilines is 1. The van der Waals surface area contributed by atoms with Gasteiger partial charge in [-0.05, 0) is 25.1 Å². The van der Waals surface area contributed by atoms with Gasteiger partial charge in [-0.15, -0.1) is 0 Å². The van der Waals surface area contributed by atoms with E-state index in [1.54, 1.807) is 12.3 Å². The van der Waals surface area contributed by atoms with E-state index >= 15 is 0 Å². The molecule has 0 bridgehead atoms. The summed E-state index contributed by atoms with van der Waals surface area (Å²) in [5, 5.41) is 17.8. The fourth-order valence-corrected chi connectivity index (χ4v) is 2.29. The van der Waals surface area contributed by atoms with Gasteiger partial charge in [-0.3, -0.25) is 4.90 Å². The number of hydrogen-bond acceptors (Lipinski definition) is 5. The van der Waals surface area contributed by atoms with E-state index in [0.29, 0.717) is 6.54 Å². The fourth-order valence-electron chi connectivity index (χ4n) is 2.29. The number of aliphatic hydroxyl groups excluding tert-OH is 1. The molecular weight excluding hydrogens is 246 g/mol. The first-order chi connectivity index (χ1) is 9.20. The van der Waals surface area contributed by atoms with Gasteiger partial charge in [-0.25, -0.2) is 9.78 Å². The smallest absolute Gasteiger partial charge is 0.354 e. The van der Waals surface area contributed by atoms with E-state index in [9.17, 15) is 4.79 Å². The zero-order chi connectivity index (χ0) is 13.7. The first-order valence-corrected chi connectivity index (χ1v) is 6.48. The predicted octanol–water partition coefficient (Wildman–Crippen LogP) is 0.284. The van der Waals surface area contributed by atoms with Crippen molar-refractivity contribution in [3.63, 3.8) is 0 Å². The highest BCUT2D eigenvalue weighted by Gasteiger charge is 2.15. The van der Waals surface area contributed by atoms with Crippen LogP contribution in [-0.2, 0) is 0 Å². The molecule has 6 nitrogen and oxygen atoms in total. The van der Waals surface area contributed by atoms with Crippen LogP contribution >= 0.6 is 0 Å². The molecule has 19 heavy (non-hydrogen) atoms. The molecule has 2 N–H and O–H groups in total. The lowest BCUT2D eigenvalue weighted by atomic mass is 10.3. The minimum atomic E-state index is -1.00. The Morgan fingerprint density at radius 3 is 2.74 bits per heavy atom. The van der Waals surface area contributed by atoms with Crippen molar-refractivity contribution in [1.82, 2.24) is 9.88 Å². The van der Waals surface area contributed by atoms with Gasteiger partial charge in [0.25, 0.3) is 0 Å². The summed E-state index contributed by atoms with van der Waals surface area (Å²) in [6, 6.07) is 3.34. The van der Waals surface area contributed by atoms with E-state index < -0.39 is 5.97 Å². The van der Waals surface area contributed by atoms with Gasteiger partial charge in [0.2, 0.25) is 0 Å². The molecule has 1 aliphatic heterocycles. The van der Waals surface area contributed by atoms with E-state index in [4.69, 9.17) is 10.2 Å². The highest BCUT2D eigenvalue weighted by molar-refractivity contribution is 5.85. The molecule has 0 spiro atoms. The standard InChI is InChI=1S/C13H19N3O3/c17-9-8-15-4-1-5-16(7-6-15)11-2-3-12(13(18)19)14-10-11/h2-3,10,17H,1,4-9H2,(H,18,19). The number of β-amino-alcohol motifs (C(OH)–C–C–N with tert-alkyl or cyclic N) is 1. The molecule has 0 amide bonds. The Kier molecular flexibility index (Phi) is 4.70. The van der Waals surface area contributed by atoms with E-state index in [0.717, 1.165) is 38.3 Å². The van der Waals surface area contributed by atoms with Crippen LogP contribution in [0, 0.1) is 0 Å². The normalized spacial score (nSPS) is 17.2. The van der Waals surface area contributed by atoms with Crippen LogP contribution in [0.1, 0.15) is 16.9 Å². The number of aromatic carboxylic acids is 1. The zero-order valence-corrected chi connectivity index (χ0v) is 10.8. The molecule has 0 unspecified atom stereocenters. The van der Waals surface area contributed by atoms with Gasteiger partial charge >= 0.3 is 5.97 Å². The van der Waals surface area contributed by atoms with Gasteiger partial charge in [-0.1, -0.05) is 0 Å². The highest BCUT2D eigenvalue weighted by atomic mass is 16.4. The Morgan fingerprint density at radius 2 is 2.11 bits per heavy atom. The van der Waals surface area contributed by atoms with Crippen LogP contribution in [0.3, 0.4) is 0 Å². The lowest BCUT2D eigenvalue weighted by Gasteiger charge is -2.23. The third kappa shape index (κ3) is 3.65. The number of pyridine rings is 1. The topological polar surface area (TPSA) is 76.9 Å². The van der Waals surface area contributed by atoms with Crippen molar-refractivity contribution in [3.05, 3.63) is 24.0 Å². The second kappa shape index (κ2) is 6.49. The second-order valence-corrected chi connectivity index (χ2v) is 4.61. The summed E-state index contributed by atoms with van der Waals surface area (Å²) < 4.78 is 0. The number of nitrogens with zero attached hydrogens (tertiary/aromatic N) is 3. The van der Waals surface area contributed by atoms with E-state index in [1.165, 1.54) is 6.07 Å². The Balaban J connectivity index is 1.99. The molecule has 0 saturated carbocycles. The van der Waals surface area contributed by atoms with E-state index in [2.05, 4.69) is 14.8 Å². The van der Waals surface area contributed by atoms with Crippen molar-refractivity contribution in [2.24, 2.45) is 0 Å². The van der Waals surface area contributed by atoms with Crippen LogP contribution in [-0.4, -0.2) is 65.4 Å². The molecule has 0 aromatic carbocycles. The summed E-state index contributed by atoms with van der Waals surface area (Å²) in [6.07, 6.45) is 2.64. The maximum atomic E-state index is 10.8. The molecule has 1 saturated heterocycles. The minimum absolute atomic E-state index is 0.0699. The quantitative estimate of drug-likeness (QED) is 0.814. The Labute approximate surface area is 112 Å². The van der Waals surface area contributed by atoms with Crippen LogP contribution in [0.5, 0.6) is 0 Å². The third-order valence-corrected chi connectivity index (χ3v) is 3.34. The Bertz CT molecular complexity index is 422. The average Bonchev–Trinajstić information content (AvgIpc) is 2.65. The summed E-state index contributed by atoms with van der Waals surface area (Å²) >= 11 is 0. The SMILES string of the molecule is O=C(O)c1ccc(N2CCCN(CCO)CC2)cn1. The van der Waals surface area contributed by atoms with Gasteiger partial charge in [0.15, 0.2) is 0 Å². The summed E-state index contributed by atoms with van der Waals surface area (Å²) in [5.41, 5.74) is 1.02. The molecule has 104 valence electrons. The highest BCUT2D eigenvalue weighted by Crippen LogP contribution is 2.15. The number of carboxylic acid groups (broad SMARTS) is 1. The Morgan fingerprint density at radius 1 is 1.26 bits per heavy atom. The van der Waals surface area contributed by atoms with Crippen LogP contribution in [0.15, 0.2) is 18.3 Å². The molecule has 0 aliphatic carbocycles. The first-order valence-electron chi connectivity index (χ1n) is 6.48. The Hall–Kier alpha value is -1.66. The van der Waals surface area contributed by atoms with Crippen LogP contribution in [0.2, 0.25) is 0 Å². The second-order valence-electron chi connectivity index (χ2n) is 4.61. The van der Waals surface area contributed by atoms with Crippen LogP contribution < -0.4 is 4.90 Å². The summed E-state index contributed by atoms with van der Waals surface area (Å²) in [6.45, 7) is 4.59. The number of carboxylic acids is 1. The lowest BCUT2D eigenvalue weighted by molar-refractivity contribution is 0.0690. The van der Waals surface area contributed by atoms with Gasteiger partial charge in [-0.2, -0.15) is 0 Å². The minimum Gasteiger partial charge on any atom is -0.477 e. The maximum Gasteiger partial charge on any atom is 0.354 e. The van der Waals surface area contributed by atoms with Gasteiger partial charge in [0.1, 0.15) is 5.69 Å². The summed E-state index contributed by atoms with van der Waals surface area (Å²) in [7, 11) is 0. The van der Waals surface area contributed by atoms with Gasteiger partial charge in [0, 0.05) is 26.2 Å². The number of rotatable bonds is 4. The van der Waals surface area contributed by atoms with Gasteiger partial charge < -0.3 is 15.1 Å². The largest absolute Gasteiger partial charge is 0.477 e. The molecular formula is C13H19N3O3. The number of carbonyl (C=O) groups is 1. The fraction of sp³-hybridized carbons (Fsp3) is 0.538. The van der Waals surface area contributed by atoms with Gasteiger partial charge in [0.05, 0.1) is 18.5 Å². The zero-order valence-electron chi connectivity index (χ0n) is 10.8. The summed E-state index contributed by atoms with van der Waals surface area (Å²) in [4.78, 5) is 19.1. The maximum absolute atomic E-state index is 10.8. The molecule has 0 atom stereocenters. The van der Waals surface area contributed by atoms with Crippen molar-refractivity contribution < 1.29 is 15.0 Å². The molecule has 2 heterocycles. The molecule has 1 aromatic heterocycles. The number of aromatic nitrogens is 1. The molecule has 0 radical (unpaired) electrons. The number of hydrogen-bond donors (Lipinski definition) is 2. The third-order valence-electron chi connectivity index (χ3n) is 3.34. The van der Waals surface area contributed by atoms with Crippen molar-refractivity contribution >= 4 is 11.7 Å².